The van der Waals surface area contributed by atoms with Crippen molar-refractivity contribution in [2.45, 2.75) is 18.3 Å². The van der Waals surface area contributed by atoms with E-state index in [9.17, 15) is 18.0 Å². The van der Waals surface area contributed by atoms with Crippen molar-refractivity contribution in [2.24, 2.45) is 5.73 Å². The molecule has 0 aliphatic rings. The summed E-state index contributed by atoms with van der Waals surface area (Å²) in [5, 5.41) is 8.60. The summed E-state index contributed by atoms with van der Waals surface area (Å²) in [6.07, 6.45) is -7.18. The highest BCUT2D eigenvalue weighted by Gasteiger charge is 2.44. The first-order valence-electron chi connectivity index (χ1n) is 2.89. The van der Waals surface area contributed by atoms with Crippen LogP contribution in [0.4, 0.5) is 13.2 Å². The van der Waals surface area contributed by atoms with Crippen LogP contribution in [-0.2, 0) is 9.53 Å². The second-order valence-electron chi connectivity index (χ2n) is 2.04. The van der Waals surface area contributed by atoms with E-state index < -0.39 is 24.3 Å². The van der Waals surface area contributed by atoms with Crippen LogP contribution in [0.2, 0.25) is 0 Å². The first kappa shape index (κ1) is 11.2. The molecule has 0 aromatic heterocycles. The SMILES string of the molecule is COC(=O)[C@H](O)[C@H](N)C(F)(F)F. The highest BCUT2D eigenvalue weighted by molar-refractivity contribution is 5.75. The average molecular weight is 187 g/mol. The van der Waals surface area contributed by atoms with Gasteiger partial charge in [-0.25, -0.2) is 4.79 Å². The molecular weight excluding hydrogens is 179 g/mol. The van der Waals surface area contributed by atoms with Crippen LogP contribution >= 0.6 is 0 Å². The van der Waals surface area contributed by atoms with Crippen molar-refractivity contribution < 1.29 is 27.8 Å². The molecule has 0 radical (unpaired) electrons. The maximum atomic E-state index is 11.7. The average Bonchev–Trinajstić information content (AvgIpc) is 1.98. The van der Waals surface area contributed by atoms with E-state index in [-0.39, 0.29) is 0 Å². The minimum absolute atomic E-state index is 0.856. The molecule has 0 fully saturated rings. The highest BCUT2D eigenvalue weighted by atomic mass is 19.4. The molecule has 0 saturated heterocycles. The van der Waals surface area contributed by atoms with Gasteiger partial charge in [0.05, 0.1) is 7.11 Å². The van der Waals surface area contributed by atoms with Gasteiger partial charge in [0, 0.05) is 0 Å². The van der Waals surface area contributed by atoms with Crippen LogP contribution in [0.25, 0.3) is 0 Å². The van der Waals surface area contributed by atoms with E-state index in [0.717, 1.165) is 7.11 Å². The van der Waals surface area contributed by atoms with E-state index >= 15 is 0 Å². The van der Waals surface area contributed by atoms with Crippen LogP contribution in [0.15, 0.2) is 0 Å². The highest BCUT2D eigenvalue weighted by Crippen LogP contribution is 2.20. The van der Waals surface area contributed by atoms with Gasteiger partial charge in [0.15, 0.2) is 6.10 Å². The van der Waals surface area contributed by atoms with Crippen LogP contribution in [0.3, 0.4) is 0 Å². The number of aliphatic hydroxyl groups excluding tert-OH is 1. The molecule has 0 bridgehead atoms. The smallest absolute Gasteiger partial charge is 0.406 e. The second-order valence-corrected chi connectivity index (χ2v) is 2.04. The van der Waals surface area contributed by atoms with Crippen molar-refractivity contribution in [3.63, 3.8) is 0 Å². The number of nitrogens with two attached hydrogens (primary N) is 1. The molecule has 0 aliphatic carbocycles. The number of esters is 1. The molecule has 0 saturated carbocycles. The number of carbonyl (C=O) groups is 1. The molecule has 72 valence electrons. The number of hydrogen-bond donors (Lipinski definition) is 2. The molecular formula is C5H8F3NO3. The lowest BCUT2D eigenvalue weighted by atomic mass is 10.2. The zero-order valence-corrected chi connectivity index (χ0v) is 6.13. The fourth-order valence-corrected chi connectivity index (χ4v) is 0.446. The van der Waals surface area contributed by atoms with Crippen molar-refractivity contribution in [1.29, 1.82) is 0 Å². The molecule has 4 nitrogen and oxygen atoms in total. The number of aliphatic hydroxyl groups is 1. The lowest BCUT2D eigenvalue weighted by molar-refractivity contribution is -0.184. The van der Waals surface area contributed by atoms with Crippen LogP contribution in [0.1, 0.15) is 0 Å². The van der Waals surface area contributed by atoms with Crippen molar-refractivity contribution in [1.82, 2.24) is 0 Å². The van der Waals surface area contributed by atoms with E-state index in [0.29, 0.717) is 0 Å². The third-order valence-corrected chi connectivity index (χ3v) is 1.16. The van der Waals surface area contributed by atoms with Gasteiger partial charge in [-0.1, -0.05) is 0 Å². The van der Waals surface area contributed by atoms with Crippen molar-refractivity contribution >= 4 is 5.97 Å². The molecule has 0 amide bonds. The molecule has 0 spiro atoms. The standard InChI is InChI=1S/C5H8F3NO3/c1-12-4(11)2(10)3(9)5(6,7)8/h2-3,10H,9H2,1H3/t2-,3+/m1/s1. The minimum Gasteiger partial charge on any atom is -0.467 e. The topological polar surface area (TPSA) is 72.5 Å². The van der Waals surface area contributed by atoms with E-state index in [1.165, 1.54) is 0 Å². The number of rotatable bonds is 2. The van der Waals surface area contributed by atoms with Crippen molar-refractivity contribution in [3.8, 4) is 0 Å². The summed E-state index contributed by atoms with van der Waals surface area (Å²) in [5.41, 5.74) is 4.49. The van der Waals surface area contributed by atoms with E-state index in [1.54, 1.807) is 0 Å². The van der Waals surface area contributed by atoms with Gasteiger partial charge in [0.2, 0.25) is 0 Å². The first-order valence-corrected chi connectivity index (χ1v) is 2.89. The number of carbonyl (C=O) groups excluding carboxylic acids is 1. The van der Waals surface area contributed by atoms with Gasteiger partial charge in [-0.05, 0) is 0 Å². The lowest BCUT2D eigenvalue weighted by Crippen LogP contribution is -2.50. The van der Waals surface area contributed by atoms with Gasteiger partial charge in [-0.15, -0.1) is 0 Å². The fourth-order valence-electron chi connectivity index (χ4n) is 0.446. The minimum atomic E-state index is -4.81. The summed E-state index contributed by atoms with van der Waals surface area (Å²) in [6, 6.07) is -2.61. The van der Waals surface area contributed by atoms with Crippen LogP contribution in [0.5, 0.6) is 0 Å². The summed E-state index contributed by atoms with van der Waals surface area (Å²) >= 11 is 0. The molecule has 7 heteroatoms. The maximum absolute atomic E-state index is 11.7. The molecule has 0 aliphatic heterocycles. The third-order valence-electron chi connectivity index (χ3n) is 1.16. The van der Waals surface area contributed by atoms with Crippen LogP contribution < -0.4 is 5.73 Å². The van der Waals surface area contributed by atoms with E-state index in [4.69, 9.17) is 5.11 Å². The Morgan fingerprint density at radius 2 is 2.00 bits per heavy atom. The predicted molar refractivity (Wildman–Crippen MR) is 32.1 cm³/mol. The third kappa shape index (κ3) is 2.67. The molecule has 0 unspecified atom stereocenters. The Morgan fingerprint density at radius 3 is 2.25 bits per heavy atom. The fraction of sp³-hybridized carbons (Fsp3) is 0.800. The zero-order chi connectivity index (χ0) is 9.94. The van der Waals surface area contributed by atoms with Crippen LogP contribution in [-0.4, -0.2) is 36.5 Å². The Morgan fingerprint density at radius 1 is 1.58 bits per heavy atom. The molecule has 0 rings (SSSR count). The van der Waals surface area contributed by atoms with Crippen LogP contribution in [0, 0.1) is 0 Å². The molecule has 0 heterocycles. The summed E-state index contributed by atoms with van der Waals surface area (Å²) in [4.78, 5) is 10.3. The number of methoxy groups -OCH3 is 1. The summed E-state index contributed by atoms with van der Waals surface area (Å²) in [6.45, 7) is 0. The number of halogens is 3. The molecule has 2 atom stereocenters. The van der Waals surface area contributed by atoms with E-state index in [2.05, 4.69) is 10.5 Å². The maximum Gasteiger partial charge on any atom is 0.406 e. The zero-order valence-electron chi connectivity index (χ0n) is 6.13. The molecule has 12 heavy (non-hydrogen) atoms. The van der Waals surface area contributed by atoms with Gasteiger partial charge in [-0.3, -0.25) is 0 Å². The molecule has 0 aromatic rings. The lowest BCUT2D eigenvalue weighted by Gasteiger charge is -2.18. The molecule has 3 N–H and O–H groups in total. The predicted octanol–water partition coefficient (Wildman–Crippen LogP) is -0.590. The Hall–Kier alpha value is -0.820. The van der Waals surface area contributed by atoms with Gasteiger partial charge in [0.25, 0.3) is 0 Å². The summed E-state index contributed by atoms with van der Waals surface area (Å²) < 4.78 is 39.0. The Balaban J connectivity index is 4.29. The normalized spacial score (nSPS) is 16.8. The number of ether oxygens (including phenoxy) is 1. The first-order chi connectivity index (χ1) is 5.30. The van der Waals surface area contributed by atoms with Gasteiger partial charge in [0.1, 0.15) is 6.04 Å². The van der Waals surface area contributed by atoms with Crippen molar-refractivity contribution in [3.05, 3.63) is 0 Å². The Bertz CT molecular complexity index is 170. The number of hydrogen-bond acceptors (Lipinski definition) is 4. The second kappa shape index (κ2) is 3.72. The van der Waals surface area contributed by atoms with Gasteiger partial charge < -0.3 is 15.6 Å². The Labute approximate surface area is 66.1 Å². The van der Waals surface area contributed by atoms with Crippen molar-refractivity contribution in [2.75, 3.05) is 7.11 Å². The van der Waals surface area contributed by atoms with E-state index in [1.807, 2.05) is 0 Å². The van der Waals surface area contributed by atoms with Gasteiger partial charge in [-0.2, -0.15) is 13.2 Å². The van der Waals surface area contributed by atoms with Gasteiger partial charge >= 0.3 is 12.1 Å². The molecule has 0 aromatic carbocycles. The Kier molecular flexibility index (Phi) is 3.47. The monoisotopic (exact) mass is 187 g/mol. The number of alkyl halides is 3. The largest absolute Gasteiger partial charge is 0.467 e. The summed E-state index contributed by atoms with van der Waals surface area (Å²) in [7, 11) is 0.856. The quantitative estimate of drug-likeness (QED) is 0.567. The summed E-state index contributed by atoms with van der Waals surface area (Å²) in [5.74, 6) is -1.40.